The lowest BCUT2D eigenvalue weighted by molar-refractivity contribution is 0.328. The molecule has 1 heteroatoms. The van der Waals surface area contributed by atoms with Crippen molar-refractivity contribution >= 4 is 0 Å². The van der Waals surface area contributed by atoms with E-state index in [2.05, 4.69) is 20.8 Å². The zero-order valence-corrected chi connectivity index (χ0v) is 4.49. The Hall–Kier alpha value is -0.0400. The van der Waals surface area contributed by atoms with Crippen LogP contribution >= 0.6 is 0 Å². The summed E-state index contributed by atoms with van der Waals surface area (Å²) in [5, 5.41) is 0. The molecular weight excluding hydrogens is 76.1 g/mol. The third-order valence-corrected chi connectivity index (χ3v) is 1.40. The van der Waals surface area contributed by atoms with Crippen LogP contribution in [0.1, 0.15) is 20.8 Å². The van der Waals surface area contributed by atoms with Gasteiger partial charge in [0.05, 0.1) is 11.7 Å². The highest BCUT2D eigenvalue weighted by Crippen LogP contribution is 2.33. The molecule has 0 bridgehead atoms. The van der Waals surface area contributed by atoms with E-state index in [4.69, 9.17) is 4.74 Å². The van der Waals surface area contributed by atoms with Gasteiger partial charge in [0.1, 0.15) is 0 Å². The Morgan fingerprint density at radius 3 is 1.67 bits per heavy atom. The molecule has 0 unspecified atom stereocenters. The normalized spacial score (nSPS) is 39.5. The minimum absolute atomic E-state index is 0.208. The summed E-state index contributed by atoms with van der Waals surface area (Å²) in [5.74, 6) is 0. The molecule has 6 heavy (non-hydrogen) atoms. The zero-order chi connectivity index (χ0) is 4.78. The average molecular weight is 86.1 g/mol. The van der Waals surface area contributed by atoms with Crippen molar-refractivity contribution in [3.05, 3.63) is 0 Å². The lowest BCUT2D eigenvalue weighted by Gasteiger charge is -1.84. The van der Waals surface area contributed by atoms with Gasteiger partial charge in [-0.1, -0.05) is 0 Å². The number of epoxide rings is 1. The van der Waals surface area contributed by atoms with Crippen LogP contribution < -0.4 is 0 Å². The molecule has 0 aliphatic carbocycles. The predicted octanol–water partition coefficient (Wildman–Crippen LogP) is 1.18. The molecule has 0 saturated carbocycles. The number of rotatable bonds is 0. The van der Waals surface area contributed by atoms with Gasteiger partial charge in [-0.25, -0.2) is 0 Å². The molecule has 1 saturated heterocycles. The van der Waals surface area contributed by atoms with Crippen molar-refractivity contribution in [2.24, 2.45) is 0 Å². The van der Waals surface area contributed by atoms with Gasteiger partial charge in [0, 0.05) is 0 Å². The van der Waals surface area contributed by atoms with Gasteiger partial charge in [-0.05, 0) is 20.8 Å². The molecule has 0 amide bonds. The first-order valence-electron chi connectivity index (χ1n) is 2.31. The van der Waals surface area contributed by atoms with Crippen molar-refractivity contribution in [2.75, 3.05) is 0 Å². The maximum absolute atomic E-state index is 5.10. The lowest BCUT2D eigenvalue weighted by atomic mass is 10.2. The summed E-state index contributed by atoms with van der Waals surface area (Å²) in [6, 6.07) is 0. The number of ether oxygens (including phenoxy) is 1. The quantitative estimate of drug-likeness (QED) is 0.403. The summed E-state index contributed by atoms with van der Waals surface area (Å²) in [4.78, 5) is 0. The molecule has 1 nitrogen and oxygen atoms in total. The molecule has 1 aliphatic rings. The van der Waals surface area contributed by atoms with Crippen LogP contribution in [0.4, 0.5) is 0 Å². The fraction of sp³-hybridized carbons (Fsp3) is 1.00. The molecule has 0 aromatic rings. The Kier molecular flexibility index (Phi) is 0.539. The first-order chi connectivity index (χ1) is 2.63. The highest BCUT2D eigenvalue weighted by Gasteiger charge is 2.43. The van der Waals surface area contributed by atoms with Gasteiger partial charge >= 0.3 is 0 Å². The summed E-state index contributed by atoms with van der Waals surface area (Å²) in [7, 11) is 0. The average Bonchev–Trinajstić information content (AvgIpc) is 1.73. The monoisotopic (exact) mass is 86.1 g/mol. The van der Waals surface area contributed by atoms with Crippen molar-refractivity contribution in [3.8, 4) is 0 Å². The largest absolute Gasteiger partial charge is 0.367 e. The van der Waals surface area contributed by atoms with E-state index in [1.54, 1.807) is 0 Å². The van der Waals surface area contributed by atoms with E-state index in [9.17, 15) is 0 Å². The molecule has 0 radical (unpaired) electrons. The van der Waals surface area contributed by atoms with Crippen molar-refractivity contribution in [2.45, 2.75) is 32.5 Å². The second-order valence-corrected chi connectivity index (χ2v) is 2.36. The van der Waals surface area contributed by atoms with Crippen molar-refractivity contribution in [3.63, 3.8) is 0 Å². The standard InChI is InChI=1S/C5H10O/c1-4-5(2,3)6-4/h4H,1-3H3/t4-/m0/s1. The second-order valence-electron chi connectivity index (χ2n) is 2.36. The highest BCUT2D eigenvalue weighted by atomic mass is 16.6. The van der Waals surface area contributed by atoms with Crippen LogP contribution in [-0.4, -0.2) is 11.7 Å². The van der Waals surface area contributed by atoms with Crippen molar-refractivity contribution < 1.29 is 4.74 Å². The summed E-state index contributed by atoms with van der Waals surface area (Å²) in [6.45, 7) is 6.27. The summed E-state index contributed by atoms with van der Waals surface area (Å²) >= 11 is 0. The molecule has 0 spiro atoms. The van der Waals surface area contributed by atoms with Crippen molar-refractivity contribution in [1.29, 1.82) is 0 Å². The van der Waals surface area contributed by atoms with E-state index in [0.29, 0.717) is 6.10 Å². The van der Waals surface area contributed by atoms with E-state index < -0.39 is 0 Å². The predicted molar refractivity (Wildman–Crippen MR) is 24.6 cm³/mol. The number of hydrogen-bond donors (Lipinski definition) is 0. The van der Waals surface area contributed by atoms with E-state index in [-0.39, 0.29) is 5.60 Å². The van der Waals surface area contributed by atoms with E-state index in [0.717, 1.165) is 0 Å². The lowest BCUT2D eigenvalue weighted by Crippen LogP contribution is -1.97. The molecule has 1 heterocycles. The minimum Gasteiger partial charge on any atom is -0.367 e. The van der Waals surface area contributed by atoms with Crippen LogP contribution in [0.3, 0.4) is 0 Å². The maximum atomic E-state index is 5.10. The van der Waals surface area contributed by atoms with Gasteiger partial charge in [-0.3, -0.25) is 0 Å². The van der Waals surface area contributed by atoms with E-state index in [1.165, 1.54) is 0 Å². The number of hydrogen-bond acceptors (Lipinski definition) is 1. The molecule has 0 N–H and O–H groups in total. The van der Waals surface area contributed by atoms with Gasteiger partial charge in [0.15, 0.2) is 0 Å². The van der Waals surface area contributed by atoms with Crippen molar-refractivity contribution in [1.82, 2.24) is 0 Å². The summed E-state index contributed by atoms with van der Waals surface area (Å²) < 4.78 is 5.10. The Morgan fingerprint density at radius 2 is 1.67 bits per heavy atom. The van der Waals surface area contributed by atoms with Crippen LogP contribution in [0.5, 0.6) is 0 Å². The minimum atomic E-state index is 0.208. The maximum Gasteiger partial charge on any atom is 0.0889 e. The molecule has 0 aromatic heterocycles. The second kappa shape index (κ2) is 0.784. The Bertz CT molecular complexity index is 66.3. The van der Waals surface area contributed by atoms with Crippen LogP contribution in [0.2, 0.25) is 0 Å². The molecule has 0 aromatic carbocycles. The first-order valence-corrected chi connectivity index (χ1v) is 2.31. The third-order valence-electron chi connectivity index (χ3n) is 1.40. The van der Waals surface area contributed by atoms with Crippen LogP contribution in [0.25, 0.3) is 0 Å². The van der Waals surface area contributed by atoms with Gasteiger partial charge in [-0.2, -0.15) is 0 Å². The topological polar surface area (TPSA) is 12.5 Å². The van der Waals surface area contributed by atoms with Gasteiger partial charge < -0.3 is 4.74 Å². The van der Waals surface area contributed by atoms with Gasteiger partial charge in [0.2, 0.25) is 0 Å². The third kappa shape index (κ3) is 0.432. The van der Waals surface area contributed by atoms with Crippen LogP contribution in [-0.2, 0) is 4.74 Å². The fourth-order valence-electron chi connectivity index (χ4n) is 0.422. The molecule has 1 rings (SSSR count). The van der Waals surface area contributed by atoms with Gasteiger partial charge in [-0.15, -0.1) is 0 Å². The molecule has 1 fully saturated rings. The Balaban J connectivity index is 2.41. The van der Waals surface area contributed by atoms with Crippen LogP contribution in [0.15, 0.2) is 0 Å². The van der Waals surface area contributed by atoms with E-state index in [1.807, 2.05) is 0 Å². The summed E-state index contributed by atoms with van der Waals surface area (Å²) in [5.41, 5.74) is 0.208. The smallest absolute Gasteiger partial charge is 0.0889 e. The molecule has 1 atom stereocenters. The SMILES string of the molecule is C[C@@H]1OC1(C)C. The van der Waals surface area contributed by atoms with E-state index >= 15 is 0 Å². The summed E-state index contributed by atoms with van der Waals surface area (Å²) in [6.07, 6.45) is 0.498. The molecule has 36 valence electrons. The Morgan fingerprint density at radius 1 is 1.50 bits per heavy atom. The highest BCUT2D eigenvalue weighted by molar-refractivity contribution is 4.90. The Labute approximate surface area is 38.3 Å². The first kappa shape index (κ1) is 4.13. The van der Waals surface area contributed by atoms with Gasteiger partial charge in [0.25, 0.3) is 0 Å². The molecule has 1 aliphatic heterocycles. The fourth-order valence-corrected chi connectivity index (χ4v) is 0.422. The zero-order valence-electron chi connectivity index (χ0n) is 4.49. The van der Waals surface area contributed by atoms with Crippen LogP contribution in [0, 0.1) is 0 Å². The molecular formula is C5H10O.